The smallest absolute Gasteiger partial charge is 0.229 e. The SMILES string of the molecule is CC(C)n1nccc1NC(=O)C1CCCN(Cc2ccccc2)C1. The number of anilines is 1. The average molecular weight is 326 g/mol. The van der Waals surface area contributed by atoms with Crippen LogP contribution in [0.3, 0.4) is 0 Å². The van der Waals surface area contributed by atoms with Crippen molar-refractivity contribution in [3.8, 4) is 0 Å². The summed E-state index contributed by atoms with van der Waals surface area (Å²) in [5.74, 6) is 0.934. The zero-order valence-corrected chi connectivity index (χ0v) is 14.5. The highest BCUT2D eigenvalue weighted by Crippen LogP contribution is 2.21. The second-order valence-electron chi connectivity index (χ2n) is 6.80. The quantitative estimate of drug-likeness (QED) is 0.917. The first-order valence-electron chi connectivity index (χ1n) is 8.74. The van der Waals surface area contributed by atoms with Gasteiger partial charge in [0.25, 0.3) is 0 Å². The third-order valence-corrected chi connectivity index (χ3v) is 4.54. The maximum atomic E-state index is 12.7. The highest BCUT2D eigenvalue weighted by molar-refractivity contribution is 5.92. The third-order valence-electron chi connectivity index (χ3n) is 4.54. The summed E-state index contributed by atoms with van der Waals surface area (Å²) < 4.78 is 1.85. The number of aromatic nitrogens is 2. The van der Waals surface area contributed by atoms with Gasteiger partial charge in [0.15, 0.2) is 0 Å². The highest BCUT2D eigenvalue weighted by atomic mass is 16.2. The van der Waals surface area contributed by atoms with Crippen LogP contribution in [0, 0.1) is 5.92 Å². The van der Waals surface area contributed by atoms with Crippen LogP contribution in [0.5, 0.6) is 0 Å². The maximum Gasteiger partial charge on any atom is 0.229 e. The zero-order valence-electron chi connectivity index (χ0n) is 14.5. The van der Waals surface area contributed by atoms with Crippen molar-refractivity contribution >= 4 is 11.7 Å². The number of carbonyl (C=O) groups is 1. The molecule has 2 aromatic rings. The molecule has 1 aliphatic heterocycles. The zero-order chi connectivity index (χ0) is 16.9. The number of nitrogens with zero attached hydrogens (tertiary/aromatic N) is 3. The lowest BCUT2D eigenvalue weighted by atomic mass is 9.96. The summed E-state index contributed by atoms with van der Waals surface area (Å²) in [6.07, 6.45) is 3.75. The van der Waals surface area contributed by atoms with Crippen molar-refractivity contribution in [2.75, 3.05) is 18.4 Å². The van der Waals surface area contributed by atoms with Crippen molar-refractivity contribution < 1.29 is 4.79 Å². The first-order chi connectivity index (χ1) is 11.6. The molecule has 1 aromatic carbocycles. The van der Waals surface area contributed by atoms with Crippen molar-refractivity contribution in [2.45, 2.75) is 39.3 Å². The number of nitrogens with one attached hydrogen (secondary N) is 1. The molecule has 5 heteroatoms. The Morgan fingerprint density at radius 1 is 1.29 bits per heavy atom. The number of rotatable bonds is 5. The number of piperidine rings is 1. The van der Waals surface area contributed by atoms with E-state index in [0.717, 1.165) is 38.3 Å². The standard InChI is InChI=1S/C19H26N4O/c1-15(2)23-18(10-11-20-23)21-19(24)17-9-6-12-22(14-17)13-16-7-4-3-5-8-16/h3-5,7-8,10-11,15,17H,6,9,12-14H2,1-2H3,(H,21,24). The summed E-state index contributed by atoms with van der Waals surface area (Å²) in [6, 6.07) is 12.6. The van der Waals surface area contributed by atoms with Gasteiger partial charge in [0, 0.05) is 25.2 Å². The second-order valence-corrected chi connectivity index (χ2v) is 6.80. The Balaban J connectivity index is 1.60. The van der Waals surface area contributed by atoms with Crippen molar-refractivity contribution in [2.24, 2.45) is 5.92 Å². The molecule has 0 radical (unpaired) electrons. The molecule has 0 aliphatic carbocycles. The first kappa shape index (κ1) is 16.7. The van der Waals surface area contributed by atoms with E-state index in [0.29, 0.717) is 0 Å². The largest absolute Gasteiger partial charge is 0.311 e. The number of carbonyl (C=O) groups excluding carboxylic acids is 1. The Hall–Kier alpha value is -2.14. The molecular formula is C19H26N4O. The van der Waals surface area contributed by atoms with Gasteiger partial charge in [-0.25, -0.2) is 4.68 Å². The molecule has 1 amide bonds. The van der Waals surface area contributed by atoms with Crippen molar-refractivity contribution in [1.29, 1.82) is 0 Å². The molecule has 0 spiro atoms. The molecule has 3 rings (SSSR count). The van der Waals surface area contributed by atoms with Crippen LogP contribution in [0.4, 0.5) is 5.82 Å². The molecule has 1 N–H and O–H groups in total. The number of likely N-dealkylation sites (tertiary alicyclic amines) is 1. The Morgan fingerprint density at radius 3 is 2.83 bits per heavy atom. The fraction of sp³-hybridized carbons (Fsp3) is 0.474. The van der Waals surface area contributed by atoms with E-state index in [-0.39, 0.29) is 17.9 Å². The fourth-order valence-corrected chi connectivity index (χ4v) is 3.31. The topological polar surface area (TPSA) is 50.2 Å². The Kier molecular flexibility index (Phi) is 5.30. The van der Waals surface area contributed by atoms with E-state index in [1.54, 1.807) is 6.20 Å². The maximum absolute atomic E-state index is 12.7. The molecule has 1 aromatic heterocycles. The van der Waals surface area contributed by atoms with Crippen LogP contribution in [-0.2, 0) is 11.3 Å². The van der Waals surface area contributed by atoms with Gasteiger partial charge < -0.3 is 5.32 Å². The lowest BCUT2D eigenvalue weighted by molar-refractivity contribution is -0.121. The van der Waals surface area contributed by atoms with Crippen molar-refractivity contribution in [3.63, 3.8) is 0 Å². The van der Waals surface area contributed by atoms with Crippen molar-refractivity contribution in [1.82, 2.24) is 14.7 Å². The van der Waals surface area contributed by atoms with E-state index in [1.165, 1.54) is 5.56 Å². The van der Waals surface area contributed by atoms with E-state index in [2.05, 4.69) is 53.4 Å². The van der Waals surface area contributed by atoms with E-state index < -0.39 is 0 Å². The minimum atomic E-state index is 0.0398. The molecule has 1 fully saturated rings. The average Bonchev–Trinajstić information content (AvgIpc) is 3.04. The second kappa shape index (κ2) is 7.62. The predicted molar refractivity (Wildman–Crippen MR) is 95.7 cm³/mol. The minimum Gasteiger partial charge on any atom is -0.311 e. The van der Waals surface area contributed by atoms with Gasteiger partial charge in [-0.15, -0.1) is 0 Å². The predicted octanol–water partition coefficient (Wildman–Crippen LogP) is 3.31. The summed E-state index contributed by atoms with van der Waals surface area (Å²) in [7, 11) is 0. The molecule has 2 heterocycles. The van der Waals surface area contributed by atoms with E-state index in [9.17, 15) is 4.79 Å². The van der Waals surface area contributed by atoms with Crippen LogP contribution in [0.15, 0.2) is 42.6 Å². The van der Waals surface area contributed by atoms with Crippen molar-refractivity contribution in [3.05, 3.63) is 48.2 Å². The molecule has 0 saturated carbocycles. The van der Waals surface area contributed by atoms with Gasteiger partial charge in [-0.3, -0.25) is 9.69 Å². The van der Waals surface area contributed by atoms with E-state index >= 15 is 0 Å². The van der Waals surface area contributed by atoms with Gasteiger partial charge in [-0.2, -0.15) is 5.10 Å². The molecule has 128 valence electrons. The van der Waals surface area contributed by atoms with Crippen LogP contribution in [0.1, 0.15) is 38.3 Å². The minimum absolute atomic E-state index is 0.0398. The molecule has 1 saturated heterocycles. The van der Waals surface area contributed by atoms with E-state index in [4.69, 9.17) is 0 Å². The molecule has 0 bridgehead atoms. The summed E-state index contributed by atoms with van der Waals surface area (Å²) in [5, 5.41) is 7.34. The van der Waals surface area contributed by atoms with Crippen LogP contribution < -0.4 is 5.32 Å². The Bertz CT molecular complexity index is 665. The molecule has 5 nitrogen and oxygen atoms in total. The van der Waals surface area contributed by atoms with Gasteiger partial charge in [0.2, 0.25) is 5.91 Å². The van der Waals surface area contributed by atoms with Gasteiger partial charge in [-0.1, -0.05) is 30.3 Å². The lowest BCUT2D eigenvalue weighted by Gasteiger charge is -2.32. The number of amides is 1. The summed E-state index contributed by atoms with van der Waals surface area (Å²) in [5.41, 5.74) is 1.30. The van der Waals surface area contributed by atoms with Gasteiger partial charge >= 0.3 is 0 Å². The molecule has 24 heavy (non-hydrogen) atoms. The Labute approximate surface area is 143 Å². The van der Waals surface area contributed by atoms with Crippen LogP contribution in [0.2, 0.25) is 0 Å². The number of hydrogen-bond donors (Lipinski definition) is 1. The Morgan fingerprint density at radius 2 is 2.08 bits per heavy atom. The van der Waals surface area contributed by atoms with E-state index in [1.807, 2.05) is 16.8 Å². The number of hydrogen-bond acceptors (Lipinski definition) is 3. The molecule has 1 aliphatic rings. The summed E-state index contributed by atoms with van der Waals surface area (Å²) >= 11 is 0. The fourth-order valence-electron chi connectivity index (χ4n) is 3.31. The monoisotopic (exact) mass is 326 g/mol. The van der Waals surface area contributed by atoms with Crippen LogP contribution in [0.25, 0.3) is 0 Å². The molecule has 1 atom stereocenters. The molecular weight excluding hydrogens is 300 g/mol. The molecule has 1 unspecified atom stereocenters. The van der Waals surface area contributed by atoms with Gasteiger partial charge in [-0.05, 0) is 38.8 Å². The van der Waals surface area contributed by atoms with Gasteiger partial charge in [0.1, 0.15) is 5.82 Å². The number of benzene rings is 1. The summed E-state index contributed by atoms with van der Waals surface area (Å²) in [4.78, 5) is 15.0. The lowest BCUT2D eigenvalue weighted by Crippen LogP contribution is -2.40. The summed E-state index contributed by atoms with van der Waals surface area (Å²) in [6.45, 7) is 6.91. The third kappa shape index (κ3) is 4.03. The van der Waals surface area contributed by atoms with Crippen LogP contribution in [-0.4, -0.2) is 33.7 Å². The van der Waals surface area contributed by atoms with Crippen LogP contribution >= 0.6 is 0 Å². The highest BCUT2D eigenvalue weighted by Gasteiger charge is 2.26. The van der Waals surface area contributed by atoms with Gasteiger partial charge in [0.05, 0.1) is 12.1 Å². The first-order valence-corrected chi connectivity index (χ1v) is 8.74. The normalized spacial score (nSPS) is 18.7.